The van der Waals surface area contributed by atoms with Gasteiger partial charge in [-0.2, -0.15) is 0 Å². The molecule has 102 valence electrons. The van der Waals surface area contributed by atoms with Crippen LogP contribution < -0.4 is 10.2 Å². The number of hydrogen-bond acceptors (Lipinski definition) is 6. The van der Waals surface area contributed by atoms with Gasteiger partial charge in [0.2, 0.25) is 16.9 Å². The van der Waals surface area contributed by atoms with Crippen LogP contribution in [0, 0.1) is 10.1 Å². The number of nitro groups is 1. The topological polar surface area (TPSA) is 101 Å². The summed E-state index contributed by atoms with van der Waals surface area (Å²) in [5.74, 6) is -0.0994. The summed E-state index contributed by atoms with van der Waals surface area (Å²) < 4.78 is 0. The summed E-state index contributed by atoms with van der Waals surface area (Å²) in [6.07, 6.45) is 2.54. The summed E-state index contributed by atoms with van der Waals surface area (Å²) in [5, 5.41) is 13.4. The van der Waals surface area contributed by atoms with E-state index in [1.54, 1.807) is 4.90 Å². The zero-order chi connectivity index (χ0) is 14.0. The van der Waals surface area contributed by atoms with E-state index >= 15 is 0 Å². The van der Waals surface area contributed by atoms with Crippen molar-refractivity contribution in [1.82, 2.24) is 15.3 Å². The van der Waals surface area contributed by atoms with E-state index in [9.17, 15) is 14.9 Å². The number of nitrogens with zero attached hydrogens (tertiary/aromatic N) is 4. The van der Waals surface area contributed by atoms with Gasteiger partial charge >= 0.3 is 5.69 Å². The normalized spacial score (nSPS) is 18.4. The van der Waals surface area contributed by atoms with E-state index < -0.39 is 11.0 Å². The van der Waals surface area contributed by atoms with Gasteiger partial charge < -0.3 is 10.2 Å². The monoisotopic (exact) mass is 285 g/mol. The minimum absolute atomic E-state index is 0.0936. The van der Waals surface area contributed by atoms with E-state index in [2.05, 4.69) is 15.3 Å². The van der Waals surface area contributed by atoms with Gasteiger partial charge in [-0.25, -0.2) is 9.97 Å². The molecule has 2 rings (SSSR count). The molecular formula is C10H12ClN5O3. The molecular weight excluding hydrogens is 274 g/mol. The van der Waals surface area contributed by atoms with Crippen molar-refractivity contribution in [2.24, 2.45) is 0 Å². The minimum Gasteiger partial charge on any atom is -0.357 e. The quantitative estimate of drug-likeness (QED) is 0.500. The maximum absolute atomic E-state index is 11.8. The first-order chi connectivity index (χ1) is 9.06. The van der Waals surface area contributed by atoms with Crippen LogP contribution in [0.25, 0.3) is 0 Å². The van der Waals surface area contributed by atoms with Crippen LogP contribution in [0.3, 0.4) is 0 Å². The van der Waals surface area contributed by atoms with Crippen molar-refractivity contribution < 1.29 is 9.72 Å². The predicted molar refractivity (Wildman–Crippen MR) is 68.1 cm³/mol. The number of anilines is 1. The van der Waals surface area contributed by atoms with Crippen LogP contribution in [0.15, 0.2) is 6.33 Å². The van der Waals surface area contributed by atoms with Crippen molar-refractivity contribution in [2.45, 2.75) is 18.9 Å². The van der Waals surface area contributed by atoms with Crippen molar-refractivity contribution in [3.05, 3.63) is 21.6 Å². The van der Waals surface area contributed by atoms with Gasteiger partial charge in [-0.1, -0.05) is 11.6 Å². The molecule has 1 aromatic rings. The second-order valence-corrected chi connectivity index (χ2v) is 4.42. The average Bonchev–Trinajstić information content (AvgIpc) is 2.86. The van der Waals surface area contributed by atoms with Crippen molar-refractivity contribution in [3.63, 3.8) is 0 Å². The Kier molecular flexibility index (Phi) is 3.79. The summed E-state index contributed by atoms with van der Waals surface area (Å²) in [6, 6.07) is -0.463. The number of likely N-dealkylation sites (N-methyl/N-ethyl adjacent to an activating group) is 1. The number of aromatic nitrogens is 2. The lowest BCUT2D eigenvalue weighted by atomic mass is 10.2. The second-order valence-electron chi connectivity index (χ2n) is 4.06. The summed E-state index contributed by atoms with van der Waals surface area (Å²) in [6.45, 7) is 0.520. The van der Waals surface area contributed by atoms with E-state index in [1.165, 1.54) is 7.05 Å². The molecule has 8 nitrogen and oxygen atoms in total. The Hall–Kier alpha value is -1.96. The summed E-state index contributed by atoms with van der Waals surface area (Å²) in [4.78, 5) is 31.3. The summed E-state index contributed by atoms with van der Waals surface area (Å²) in [7, 11) is 1.53. The maximum atomic E-state index is 11.8. The summed E-state index contributed by atoms with van der Waals surface area (Å²) >= 11 is 5.74. The Morgan fingerprint density at radius 1 is 1.63 bits per heavy atom. The number of carbonyl (C=O) groups excluding carboxylic acids is 1. The number of nitrogens with one attached hydrogen (secondary N) is 1. The van der Waals surface area contributed by atoms with Crippen LogP contribution in [-0.2, 0) is 4.79 Å². The van der Waals surface area contributed by atoms with Gasteiger partial charge in [-0.3, -0.25) is 14.9 Å². The van der Waals surface area contributed by atoms with Crippen molar-refractivity contribution in [1.29, 1.82) is 0 Å². The van der Waals surface area contributed by atoms with E-state index in [0.717, 1.165) is 12.7 Å². The van der Waals surface area contributed by atoms with E-state index in [-0.39, 0.29) is 22.6 Å². The fourth-order valence-electron chi connectivity index (χ4n) is 2.18. The van der Waals surface area contributed by atoms with Crippen LogP contribution in [-0.4, -0.2) is 40.4 Å². The molecule has 0 bridgehead atoms. The van der Waals surface area contributed by atoms with Gasteiger partial charge in [0, 0.05) is 13.6 Å². The summed E-state index contributed by atoms with van der Waals surface area (Å²) in [5.41, 5.74) is -0.361. The molecule has 0 aromatic carbocycles. The second kappa shape index (κ2) is 5.35. The first-order valence-electron chi connectivity index (χ1n) is 5.69. The zero-order valence-corrected chi connectivity index (χ0v) is 10.9. The highest BCUT2D eigenvalue weighted by atomic mass is 35.5. The third-order valence-corrected chi connectivity index (χ3v) is 3.29. The Morgan fingerprint density at radius 3 is 3.00 bits per heavy atom. The Bertz CT molecular complexity index is 524. The van der Waals surface area contributed by atoms with Gasteiger partial charge in [-0.15, -0.1) is 0 Å². The molecule has 1 atom stereocenters. The molecule has 9 heteroatoms. The molecule has 19 heavy (non-hydrogen) atoms. The molecule has 1 aliphatic rings. The molecule has 1 aliphatic heterocycles. The van der Waals surface area contributed by atoms with Gasteiger partial charge in [0.15, 0.2) is 0 Å². The number of amides is 1. The average molecular weight is 286 g/mol. The maximum Gasteiger partial charge on any atom is 0.348 e. The Balaban J connectivity index is 2.44. The van der Waals surface area contributed by atoms with Gasteiger partial charge in [0.1, 0.15) is 12.4 Å². The third-order valence-electron chi connectivity index (χ3n) is 3.01. The lowest BCUT2D eigenvalue weighted by Crippen LogP contribution is -2.42. The molecule has 0 saturated carbocycles. The predicted octanol–water partition coefficient (Wildman–Crippen LogP) is 0.753. The lowest BCUT2D eigenvalue weighted by Gasteiger charge is -2.23. The number of carbonyl (C=O) groups is 1. The number of halogens is 1. The molecule has 0 aliphatic carbocycles. The standard InChI is InChI=1S/C10H12ClN5O3/c1-12-10(17)6-3-2-4-15(6)9-7(16(18)19)8(11)13-5-14-9/h5-6H,2-4H2,1H3,(H,12,17). The Labute approximate surface area is 113 Å². The van der Waals surface area contributed by atoms with E-state index in [0.29, 0.717) is 13.0 Å². The fourth-order valence-corrected chi connectivity index (χ4v) is 2.37. The highest BCUT2D eigenvalue weighted by Gasteiger charge is 2.36. The Morgan fingerprint density at radius 2 is 2.37 bits per heavy atom. The SMILES string of the molecule is CNC(=O)C1CCCN1c1ncnc(Cl)c1[N+](=O)[O-]. The molecule has 1 unspecified atom stereocenters. The molecule has 1 amide bonds. The highest BCUT2D eigenvalue weighted by Crippen LogP contribution is 2.35. The molecule has 2 heterocycles. The van der Waals surface area contributed by atoms with Gasteiger partial charge in [0.05, 0.1) is 4.92 Å². The van der Waals surface area contributed by atoms with Crippen LogP contribution in [0.4, 0.5) is 11.5 Å². The van der Waals surface area contributed by atoms with Crippen LogP contribution in [0.5, 0.6) is 0 Å². The van der Waals surface area contributed by atoms with Crippen molar-refractivity contribution >= 4 is 29.0 Å². The van der Waals surface area contributed by atoms with Crippen LogP contribution in [0.1, 0.15) is 12.8 Å². The van der Waals surface area contributed by atoms with Crippen molar-refractivity contribution in [2.75, 3.05) is 18.5 Å². The van der Waals surface area contributed by atoms with Crippen LogP contribution in [0.2, 0.25) is 5.15 Å². The van der Waals surface area contributed by atoms with E-state index in [1.807, 2.05) is 0 Å². The molecule has 1 aromatic heterocycles. The zero-order valence-electron chi connectivity index (χ0n) is 10.2. The third kappa shape index (κ3) is 2.43. The largest absolute Gasteiger partial charge is 0.357 e. The van der Waals surface area contributed by atoms with Gasteiger partial charge in [0.25, 0.3) is 0 Å². The first-order valence-corrected chi connectivity index (χ1v) is 6.07. The van der Waals surface area contributed by atoms with Crippen molar-refractivity contribution in [3.8, 4) is 0 Å². The molecule has 0 radical (unpaired) electrons. The number of rotatable bonds is 3. The van der Waals surface area contributed by atoms with E-state index in [4.69, 9.17) is 11.6 Å². The molecule has 1 fully saturated rings. The van der Waals surface area contributed by atoms with Gasteiger partial charge in [-0.05, 0) is 12.8 Å². The minimum atomic E-state index is -0.628. The lowest BCUT2D eigenvalue weighted by molar-refractivity contribution is -0.384. The van der Waals surface area contributed by atoms with Crippen LogP contribution >= 0.6 is 11.6 Å². The first kappa shape index (κ1) is 13.5. The smallest absolute Gasteiger partial charge is 0.348 e. The molecule has 1 saturated heterocycles. The molecule has 0 spiro atoms. The fraction of sp³-hybridized carbons (Fsp3) is 0.500. The highest BCUT2D eigenvalue weighted by molar-refractivity contribution is 6.31. The number of hydrogen-bond donors (Lipinski definition) is 1. The molecule has 1 N–H and O–H groups in total.